The molecule has 1 heterocycles. The number of carbonyl (C=O) groups is 1. The van der Waals surface area contributed by atoms with Crippen LogP contribution in [0.1, 0.15) is 5.69 Å². The summed E-state index contributed by atoms with van der Waals surface area (Å²) in [7, 11) is 6.21. The molecule has 0 spiro atoms. The lowest BCUT2D eigenvalue weighted by molar-refractivity contribution is -0.115. The van der Waals surface area contributed by atoms with Gasteiger partial charge in [0.1, 0.15) is 10.8 Å². The van der Waals surface area contributed by atoms with E-state index in [4.69, 9.17) is 18.9 Å². The molecule has 0 aliphatic rings. The summed E-state index contributed by atoms with van der Waals surface area (Å²) in [5.74, 6) is 1.98. The zero-order valence-electron chi connectivity index (χ0n) is 16.6. The molecule has 8 heteroatoms. The summed E-state index contributed by atoms with van der Waals surface area (Å²) >= 11 is 1.48. The van der Waals surface area contributed by atoms with Gasteiger partial charge in [-0.05, 0) is 12.1 Å². The zero-order chi connectivity index (χ0) is 20.8. The molecule has 0 aliphatic heterocycles. The standard InChI is InChI=1S/C21H22N2O5S/c1-25-16-7-5-6-13(8-16)21-23-15(12-29-21)11-19(24)22-14-9-17(26-2)20(28-4)18(10-14)27-3/h5-10,12H,11H2,1-4H3,(H,22,24). The predicted molar refractivity (Wildman–Crippen MR) is 113 cm³/mol. The number of hydrogen-bond acceptors (Lipinski definition) is 7. The number of benzene rings is 2. The Morgan fingerprint density at radius 3 is 2.34 bits per heavy atom. The summed E-state index contributed by atoms with van der Waals surface area (Å²) in [6, 6.07) is 11.0. The van der Waals surface area contributed by atoms with Crippen molar-refractivity contribution in [3.8, 4) is 33.6 Å². The molecule has 0 saturated heterocycles. The SMILES string of the molecule is COc1cccc(-c2nc(CC(=O)Nc3cc(OC)c(OC)c(OC)c3)cs2)c1. The van der Waals surface area contributed by atoms with Crippen LogP contribution in [-0.4, -0.2) is 39.3 Å². The van der Waals surface area contributed by atoms with Gasteiger partial charge >= 0.3 is 0 Å². The first-order chi connectivity index (χ1) is 14.1. The van der Waals surface area contributed by atoms with E-state index < -0.39 is 0 Å². The van der Waals surface area contributed by atoms with Crippen LogP contribution in [0.5, 0.6) is 23.0 Å². The lowest BCUT2D eigenvalue weighted by atomic mass is 10.2. The number of aromatic nitrogens is 1. The maximum absolute atomic E-state index is 12.5. The Balaban J connectivity index is 1.72. The van der Waals surface area contributed by atoms with Gasteiger partial charge in [-0.3, -0.25) is 4.79 Å². The number of rotatable bonds is 8. The third kappa shape index (κ3) is 4.78. The fraction of sp³-hybridized carbons (Fsp3) is 0.238. The summed E-state index contributed by atoms with van der Waals surface area (Å²) in [6.07, 6.45) is 0.150. The van der Waals surface area contributed by atoms with Crippen molar-refractivity contribution in [3.63, 3.8) is 0 Å². The van der Waals surface area contributed by atoms with Gasteiger partial charge in [0.05, 0.1) is 40.6 Å². The first kappa shape index (κ1) is 20.5. The van der Waals surface area contributed by atoms with Crippen LogP contribution in [0.4, 0.5) is 5.69 Å². The van der Waals surface area contributed by atoms with E-state index in [2.05, 4.69) is 10.3 Å². The van der Waals surface area contributed by atoms with Crippen molar-refractivity contribution in [3.05, 3.63) is 47.5 Å². The molecule has 0 unspecified atom stereocenters. The van der Waals surface area contributed by atoms with Gasteiger partial charge in [-0.15, -0.1) is 11.3 Å². The fourth-order valence-electron chi connectivity index (χ4n) is 2.80. The molecule has 7 nitrogen and oxygen atoms in total. The summed E-state index contributed by atoms with van der Waals surface area (Å²) in [4.78, 5) is 17.1. The average Bonchev–Trinajstić information content (AvgIpc) is 3.21. The molecule has 0 bridgehead atoms. The lowest BCUT2D eigenvalue weighted by Gasteiger charge is -2.14. The number of ether oxygens (including phenoxy) is 4. The first-order valence-corrected chi connectivity index (χ1v) is 9.64. The van der Waals surface area contributed by atoms with Crippen molar-refractivity contribution in [2.24, 2.45) is 0 Å². The van der Waals surface area contributed by atoms with Gasteiger partial charge in [-0.25, -0.2) is 4.98 Å². The van der Waals surface area contributed by atoms with E-state index in [-0.39, 0.29) is 12.3 Å². The quantitative estimate of drug-likeness (QED) is 0.600. The number of anilines is 1. The highest BCUT2D eigenvalue weighted by molar-refractivity contribution is 7.13. The van der Waals surface area contributed by atoms with Crippen molar-refractivity contribution in [2.75, 3.05) is 33.8 Å². The average molecular weight is 414 g/mol. The molecule has 2 aromatic carbocycles. The van der Waals surface area contributed by atoms with Gasteiger partial charge < -0.3 is 24.3 Å². The highest BCUT2D eigenvalue weighted by Crippen LogP contribution is 2.40. The minimum Gasteiger partial charge on any atom is -0.497 e. The third-order valence-electron chi connectivity index (χ3n) is 4.16. The van der Waals surface area contributed by atoms with Crippen molar-refractivity contribution in [1.82, 2.24) is 4.98 Å². The molecule has 3 rings (SSSR count). The number of carbonyl (C=O) groups excluding carboxylic acids is 1. The summed E-state index contributed by atoms with van der Waals surface area (Å²) in [5.41, 5.74) is 2.19. The van der Waals surface area contributed by atoms with Crippen molar-refractivity contribution >= 4 is 22.9 Å². The van der Waals surface area contributed by atoms with Crippen molar-refractivity contribution in [2.45, 2.75) is 6.42 Å². The largest absolute Gasteiger partial charge is 0.497 e. The van der Waals surface area contributed by atoms with E-state index >= 15 is 0 Å². The monoisotopic (exact) mass is 414 g/mol. The summed E-state index contributed by atoms with van der Waals surface area (Å²) in [6.45, 7) is 0. The summed E-state index contributed by atoms with van der Waals surface area (Å²) in [5, 5.41) is 5.56. The molecule has 3 aromatic rings. The second-order valence-corrected chi connectivity index (χ2v) is 6.87. The van der Waals surface area contributed by atoms with Crippen LogP contribution >= 0.6 is 11.3 Å². The van der Waals surface area contributed by atoms with Gasteiger partial charge in [0.25, 0.3) is 0 Å². The molecule has 0 radical (unpaired) electrons. The molecule has 0 atom stereocenters. The topological polar surface area (TPSA) is 78.9 Å². The number of nitrogens with one attached hydrogen (secondary N) is 1. The third-order valence-corrected chi connectivity index (χ3v) is 5.10. The van der Waals surface area contributed by atoms with Crippen molar-refractivity contribution < 1.29 is 23.7 Å². The van der Waals surface area contributed by atoms with Crippen molar-refractivity contribution in [1.29, 1.82) is 0 Å². The Labute approximate surface area is 173 Å². The molecular weight excluding hydrogens is 392 g/mol. The van der Waals surface area contributed by atoms with E-state index in [0.29, 0.717) is 28.6 Å². The van der Waals surface area contributed by atoms with Crippen LogP contribution < -0.4 is 24.3 Å². The molecule has 0 saturated carbocycles. The minimum absolute atomic E-state index is 0.150. The van der Waals surface area contributed by atoms with Gasteiger partial charge in [0, 0.05) is 28.8 Å². The van der Waals surface area contributed by atoms with Crippen LogP contribution in [0.25, 0.3) is 10.6 Å². The maximum atomic E-state index is 12.5. The van der Waals surface area contributed by atoms with Crippen LogP contribution in [0.3, 0.4) is 0 Å². The van der Waals surface area contributed by atoms with E-state index in [9.17, 15) is 4.79 Å². The van der Waals surface area contributed by atoms with Crippen LogP contribution in [0.15, 0.2) is 41.8 Å². The number of nitrogens with zero attached hydrogens (tertiary/aromatic N) is 1. The Hall–Kier alpha value is -3.26. The molecule has 1 amide bonds. The Bertz CT molecular complexity index is 977. The maximum Gasteiger partial charge on any atom is 0.230 e. The molecule has 29 heavy (non-hydrogen) atoms. The van der Waals surface area contributed by atoms with Gasteiger partial charge in [-0.2, -0.15) is 0 Å². The van der Waals surface area contributed by atoms with E-state index in [0.717, 1.165) is 16.3 Å². The second-order valence-electron chi connectivity index (χ2n) is 6.01. The van der Waals surface area contributed by atoms with Crippen LogP contribution in [-0.2, 0) is 11.2 Å². The number of amides is 1. The van der Waals surface area contributed by atoms with Gasteiger partial charge in [0.2, 0.25) is 11.7 Å². The van der Waals surface area contributed by atoms with E-state index in [1.54, 1.807) is 19.2 Å². The smallest absolute Gasteiger partial charge is 0.230 e. The molecule has 1 aromatic heterocycles. The van der Waals surface area contributed by atoms with Crippen LogP contribution in [0, 0.1) is 0 Å². The first-order valence-electron chi connectivity index (χ1n) is 8.76. The number of methoxy groups -OCH3 is 4. The van der Waals surface area contributed by atoms with Crippen LogP contribution in [0.2, 0.25) is 0 Å². The lowest BCUT2D eigenvalue weighted by Crippen LogP contribution is -2.15. The Morgan fingerprint density at radius 1 is 1.00 bits per heavy atom. The molecule has 1 N–H and O–H groups in total. The summed E-state index contributed by atoms with van der Waals surface area (Å²) < 4.78 is 21.2. The normalized spacial score (nSPS) is 10.3. The number of thiazole rings is 1. The van der Waals surface area contributed by atoms with E-state index in [1.165, 1.54) is 32.7 Å². The molecule has 152 valence electrons. The zero-order valence-corrected chi connectivity index (χ0v) is 17.5. The molecule has 0 fully saturated rings. The Kier molecular flexibility index (Phi) is 6.56. The predicted octanol–water partition coefficient (Wildman–Crippen LogP) is 4.03. The highest BCUT2D eigenvalue weighted by Gasteiger charge is 2.15. The molecular formula is C21H22N2O5S. The van der Waals surface area contributed by atoms with E-state index in [1.807, 2.05) is 29.6 Å². The van der Waals surface area contributed by atoms with Gasteiger partial charge in [0.15, 0.2) is 11.5 Å². The Morgan fingerprint density at radius 2 is 1.72 bits per heavy atom. The van der Waals surface area contributed by atoms with Gasteiger partial charge in [-0.1, -0.05) is 12.1 Å². The minimum atomic E-state index is -0.193. The second kappa shape index (κ2) is 9.29. The molecule has 0 aliphatic carbocycles. The number of hydrogen-bond donors (Lipinski definition) is 1. The fourth-order valence-corrected chi connectivity index (χ4v) is 3.62. The highest BCUT2D eigenvalue weighted by atomic mass is 32.1.